The number of aromatic amines is 1. The molecule has 1 fully saturated rings. The number of fused-ring (bicyclic) bond motifs is 1. The van der Waals surface area contributed by atoms with Crippen LogP contribution in [0.4, 0.5) is 4.39 Å². The molecule has 0 atom stereocenters. The van der Waals surface area contributed by atoms with E-state index >= 15 is 0 Å². The average molecular weight is 580 g/mol. The quantitative estimate of drug-likeness (QED) is 0.314. The van der Waals surface area contributed by atoms with Crippen LogP contribution in [0.3, 0.4) is 0 Å². The highest BCUT2D eigenvalue weighted by atomic mass is 32.2. The maximum atomic E-state index is 13.8. The Kier molecular flexibility index (Phi) is 7.87. The van der Waals surface area contributed by atoms with Gasteiger partial charge in [0.15, 0.2) is 11.3 Å². The molecule has 2 aromatic heterocycles. The van der Waals surface area contributed by atoms with Crippen LogP contribution in [0.2, 0.25) is 0 Å². The number of hydrogen-bond donors (Lipinski definition) is 1. The van der Waals surface area contributed by atoms with Crippen LogP contribution in [0.25, 0.3) is 28.5 Å². The van der Waals surface area contributed by atoms with Crippen LogP contribution in [0.1, 0.15) is 37.9 Å². The van der Waals surface area contributed by atoms with E-state index in [1.807, 2.05) is 6.92 Å². The molecule has 1 saturated heterocycles. The Morgan fingerprint density at radius 2 is 1.95 bits per heavy atom. The average Bonchev–Trinajstić information content (AvgIpc) is 3.25. The number of carbonyl (C=O) groups excluding carboxylic acids is 1. The van der Waals surface area contributed by atoms with Crippen molar-refractivity contribution in [3.8, 4) is 17.1 Å². The van der Waals surface area contributed by atoms with E-state index in [-0.39, 0.29) is 41.6 Å². The van der Waals surface area contributed by atoms with Crippen LogP contribution in [-0.2, 0) is 28.3 Å². The van der Waals surface area contributed by atoms with E-state index in [1.54, 1.807) is 20.0 Å². The summed E-state index contributed by atoms with van der Waals surface area (Å²) < 4.78 is 49.8. The van der Waals surface area contributed by atoms with Gasteiger partial charge in [0.1, 0.15) is 22.9 Å². The zero-order valence-electron chi connectivity index (χ0n) is 23.0. The second-order valence-electron chi connectivity index (χ2n) is 9.76. The lowest BCUT2D eigenvalue weighted by Crippen LogP contribution is -2.40. The number of piperidine rings is 1. The first-order valence-electron chi connectivity index (χ1n) is 13.3. The van der Waals surface area contributed by atoms with Crippen LogP contribution in [0.15, 0.2) is 57.7 Å². The van der Waals surface area contributed by atoms with E-state index in [1.165, 1.54) is 51.5 Å². The highest BCUT2D eigenvalue weighted by Crippen LogP contribution is 2.33. The summed E-state index contributed by atoms with van der Waals surface area (Å²) >= 11 is 0. The molecule has 12 heteroatoms. The third kappa shape index (κ3) is 5.57. The largest absolute Gasteiger partial charge is 0.493 e. The molecule has 0 saturated carbocycles. The van der Waals surface area contributed by atoms with Gasteiger partial charge >= 0.3 is 0 Å². The van der Waals surface area contributed by atoms with Crippen molar-refractivity contribution in [1.29, 1.82) is 0 Å². The summed E-state index contributed by atoms with van der Waals surface area (Å²) in [5.74, 6) is -0.126. The van der Waals surface area contributed by atoms with Gasteiger partial charge in [-0.3, -0.25) is 14.3 Å². The molecule has 41 heavy (non-hydrogen) atoms. The zero-order valence-corrected chi connectivity index (χ0v) is 23.8. The molecule has 0 aliphatic carbocycles. The summed E-state index contributed by atoms with van der Waals surface area (Å²) in [5.41, 5.74) is 2.10. The zero-order chi connectivity index (χ0) is 29.3. The number of nitrogens with one attached hydrogen (secondary N) is 1. The lowest BCUT2D eigenvalue weighted by molar-refractivity contribution is -0.116. The minimum Gasteiger partial charge on any atom is -0.493 e. The maximum Gasteiger partial charge on any atom is 0.277 e. The molecule has 0 amide bonds. The molecule has 0 bridgehead atoms. The second kappa shape index (κ2) is 11.4. The van der Waals surface area contributed by atoms with Gasteiger partial charge in [-0.25, -0.2) is 17.8 Å². The Morgan fingerprint density at radius 1 is 1.15 bits per heavy atom. The molecule has 0 unspecified atom stereocenters. The minimum absolute atomic E-state index is 0.00130. The normalized spacial score (nSPS) is 15.6. The van der Waals surface area contributed by atoms with Crippen molar-refractivity contribution in [3.05, 3.63) is 75.5 Å². The third-order valence-corrected chi connectivity index (χ3v) is 8.72. The van der Waals surface area contributed by atoms with Gasteiger partial charge < -0.3 is 9.72 Å². The number of Topliss-reactive ketones (excluding diaryl/α,β-unsaturated/α-hetero) is 1. The van der Waals surface area contributed by atoms with Crippen LogP contribution < -0.4 is 10.3 Å². The minimum atomic E-state index is -4.07. The van der Waals surface area contributed by atoms with Gasteiger partial charge in [-0.15, -0.1) is 0 Å². The van der Waals surface area contributed by atoms with Gasteiger partial charge in [0.2, 0.25) is 10.0 Å². The molecule has 1 aliphatic rings. The van der Waals surface area contributed by atoms with E-state index in [4.69, 9.17) is 4.74 Å². The summed E-state index contributed by atoms with van der Waals surface area (Å²) in [6.07, 6.45) is 2.94. The molecule has 4 aromatic rings. The Morgan fingerprint density at radius 3 is 2.68 bits per heavy atom. The number of halogens is 1. The van der Waals surface area contributed by atoms with Crippen molar-refractivity contribution in [2.75, 3.05) is 19.7 Å². The van der Waals surface area contributed by atoms with Crippen LogP contribution in [0, 0.1) is 5.82 Å². The lowest BCUT2D eigenvalue weighted by atomic mass is 10.0. The molecule has 1 N–H and O–H groups in total. The highest BCUT2D eigenvalue weighted by molar-refractivity contribution is 7.89. The molecule has 3 heterocycles. The number of ketones is 1. The second-order valence-corrected chi connectivity index (χ2v) is 11.7. The Balaban J connectivity index is 1.56. The molecule has 10 nitrogen and oxygen atoms in total. The number of carbonyl (C=O) groups is 1. The first kappa shape index (κ1) is 28.4. The number of sulfonamides is 1. The van der Waals surface area contributed by atoms with Crippen molar-refractivity contribution >= 4 is 32.9 Å². The van der Waals surface area contributed by atoms with Gasteiger partial charge in [0.05, 0.1) is 22.8 Å². The molecular weight excluding hydrogens is 549 g/mol. The smallest absolute Gasteiger partial charge is 0.277 e. The van der Waals surface area contributed by atoms with Crippen molar-refractivity contribution in [2.24, 2.45) is 7.05 Å². The number of aryl methyl sites for hydroxylation is 2. The van der Waals surface area contributed by atoms with E-state index < -0.39 is 21.4 Å². The summed E-state index contributed by atoms with van der Waals surface area (Å²) in [6, 6.07) is 10.1. The van der Waals surface area contributed by atoms with Crippen molar-refractivity contribution in [2.45, 2.75) is 38.0 Å². The molecule has 0 radical (unpaired) electrons. The van der Waals surface area contributed by atoms with Crippen molar-refractivity contribution in [3.63, 3.8) is 0 Å². The number of benzene rings is 2. The van der Waals surface area contributed by atoms with Gasteiger partial charge in [0.25, 0.3) is 5.56 Å². The third-order valence-electron chi connectivity index (χ3n) is 6.88. The highest BCUT2D eigenvalue weighted by Gasteiger charge is 2.32. The summed E-state index contributed by atoms with van der Waals surface area (Å²) in [6.45, 7) is 3.95. The number of aromatic nitrogens is 4. The summed E-state index contributed by atoms with van der Waals surface area (Å²) in [7, 11) is -2.39. The number of rotatable bonds is 8. The predicted molar refractivity (Wildman–Crippen MR) is 152 cm³/mol. The van der Waals surface area contributed by atoms with E-state index in [9.17, 15) is 22.4 Å². The number of ether oxygens (including phenoxy) is 1. The lowest BCUT2D eigenvalue weighted by Gasteiger charge is -2.27. The van der Waals surface area contributed by atoms with Crippen molar-refractivity contribution < 1.29 is 22.3 Å². The van der Waals surface area contributed by atoms with E-state index in [0.717, 1.165) is 6.42 Å². The Hall–Kier alpha value is -4.16. The molecule has 0 spiro atoms. The van der Waals surface area contributed by atoms with Gasteiger partial charge in [-0.1, -0.05) is 25.5 Å². The summed E-state index contributed by atoms with van der Waals surface area (Å²) in [5, 5.41) is 4.45. The van der Waals surface area contributed by atoms with Gasteiger partial charge in [0, 0.05) is 32.1 Å². The van der Waals surface area contributed by atoms with Crippen LogP contribution in [0.5, 0.6) is 5.75 Å². The van der Waals surface area contributed by atoms with Gasteiger partial charge in [-0.05, 0) is 55.3 Å². The molecule has 214 valence electrons. The number of hydrogen-bond acceptors (Lipinski definition) is 7. The Labute approximate surface area is 236 Å². The maximum absolute atomic E-state index is 13.8. The first-order valence-corrected chi connectivity index (χ1v) is 14.8. The standard InChI is InChI=1S/C29H30FN5O5S/c1-4-7-23-26-27(34(3)33-23)29(37)32-28(31-26)22-16-21(10-11-25(22)40-5-2)41(38,39)35-13-12-24(36)19(17-35)14-18-8-6-9-20(30)15-18/h6,8-11,14-16H,4-5,7,12-13,17H2,1-3H3,(H,31,32,37)/b19-14+. The number of nitrogens with zero attached hydrogens (tertiary/aromatic N) is 4. The SMILES string of the molecule is CCCc1nn(C)c2c(=O)[nH]c(-c3cc(S(=O)(=O)N4CCC(=O)/C(=C/c5cccc(F)c5)C4)ccc3OCC)nc12. The van der Waals surface area contributed by atoms with Gasteiger partial charge in [-0.2, -0.15) is 9.40 Å². The van der Waals surface area contributed by atoms with Crippen molar-refractivity contribution in [1.82, 2.24) is 24.1 Å². The summed E-state index contributed by atoms with van der Waals surface area (Å²) in [4.78, 5) is 33.1. The van der Waals surface area contributed by atoms with E-state index in [0.29, 0.717) is 46.6 Å². The van der Waals surface area contributed by atoms with Crippen LogP contribution in [-0.4, -0.2) is 58.0 Å². The predicted octanol–water partition coefficient (Wildman–Crippen LogP) is 3.86. The first-order chi connectivity index (χ1) is 19.6. The Bertz CT molecular complexity index is 1840. The fourth-order valence-corrected chi connectivity index (χ4v) is 6.38. The molecule has 1 aliphatic heterocycles. The molecular formula is C29H30FN5O5S. The van der Waals surface area contributed by atoms with Crippen LogP contribution >= 0.6 is 0 Å². The fourth-order valence-electron chi connectivity index (χ4n) is 4.94. The molecule has 2 aromatic carbocycles. The molecule has 5 rings (SSSR count). The topological polar surface area (TPSA) is 127 Å². The fraction of sp³-hybridized carbons (Fsp3) is 0.310. The van der Waals surface area contributed by atoms with E-state index in [2.05, 4.69) is 15.1 Å². The monoisotopic (exact) mass is 579 g/mol. The number of H-pyrrole nitrogens is 1.